The lowest BCUT2D eigenvalue weighted by molar-refractivity contribution is -0.0459. The van der Waals surface area contributed by atoms with Crippen LogP contribution in [0.1, 0.15) is 24.4 Å². The highest BCUT2D eigenvalue weighted by atomic mass is 32.7. The molecule has 4 aromatic heterocycles. The predicted octanol–water partition coefficient (Wildman–Crippen LogP) is 1.03. The average Bonchev–Trinajstić information content (AvgIpc) is 3.73. The van der Waals surface area contributed by atoms with Crippen molar-refractivity contribution in [1.29, 1.82) is 0 Å². The van der Waals surface area contributed by atoms with E-state index in [-0.39, 0.29) is 51.3 Å². The van der Waals surface area contributed by atoms with E-state index in [4.69, 9.17) is 29.8 Å². The summed E-state index contributed by atoms with van der Waals surface area (Å²) >= 11 is 8.88. The molecular weight excluding hydrogens is 689 g/mol. The fourth-order valence-electron chi connectivity index (χ4n) is 4.68. The van der Waals surface area contributed by atoms with Crippen LogP contribution in [0, 0.1) is 0 Å². The lowest BCUT2D eigenvalue weighted by Crippen LogP contribution is -2.33. The van der Waals surface area contributed by atoms with Gasteiger partial charge in [0, 0.05) is 5.25 Å². The normalized spacial score (nSPS) is 28.5. The van der Waals surface area contributed by atoms with Gasteiger partial charge in [-0.25, -0.2) is 28.2 Å². The lowest BCUT2D eigenvalue weighted by Gasteiger charge is -2.23. The Morgan fingerprint density at radius 1 is 1.11 bits per heavy atom. The maximum atomic E-state index is 15.9. The topological polar surface area (TPSA) is 276 Å². The zero-order valence-corrected chi connectivity index (χ0v) is 26.3. The number of rotatable bonds is 10. The van der Waals surface area contributed by atoms with Gasteiger partial charge in [0.05, 0.1) is 13.2 Å². The summed E-state index contributed by atoms with van der Waals surface area (Å²) < 4.78 is 64.8. The van der Waals surface area contributed by atoms with Crippen molar-refractivity contribution in [1.82, 2.24) is 49.9 Å². The number of ether oxygens (including phenoxy) is 1. The van der Waals surface area contributed by atoms with E-state index in [0.29, 0.717) is 12.8 Å². The van der Waals surface area contributed by atoms with Crippen molar-refractivity contribution in [2.45, 2.75) is 48.1 Å². The van der Waals surface area contributed by atoms with Crippen molar-refractivity contribution in [3.8, 4) is 0 Å². The first-order valence-corrected chi connectivity index (χ1v) is 18.9. The number of hydrogen-bond donors (Lipinski definition) is 6. The molecule has 2 aliphatic heterocycles. The molecule has 4 aromatic rings. The molecular formula is C18H23FN12O8P2S3. The maximum Gasteiger partial charge on any atom is 0.386 e. The van der Waals surface area contributed by atoms with Crippen LogP contribution in [0.15, 0.2) is 11.1 Å². The number of hydrogen-bond acceptors (Lipinski definition) is 17. The molecule has 0 bridgehead atoms. The minimum Gasteiger partial charge on any atom is -0.382 e. The number of thiol groups is 2. The van der Waals surface area contributed by atoms with Crippen molar-refractivity contribution in [3.05, 3.63) is 16.7 Å². The summed E-state index contributed by atoms with van der Waals surface area (Å²) in [6.07, 6.45) is -4.40. The molecule has 6 heterocycles. The van der Waals surface area contributed by atoms with Crippen molar-refractivity contribution in [2.75, 3.05) is 24.7 Å². The predicted molar refractivity (Wildman–Crippen MR) is 159 cm³/mol. The third-order valence-electron chi connectivity index (χ3n) is 6.59. The van der Waals surface area contributed by atoms with Gasteiger partial charge in [0.25, 0.3) is 5.56 Å². The second kappa shape index (κ2) is 12.1. The fraction of sp³-hybridized carbons (Fsp3) is 0.556. The summed E-state index contributed by atoms with van der Waals surface area (Å²) in [5, 5.41) is 15.1. The van der Waals surface area contributed by atoms with Crippen molar-refractivity contribution in [2.24, 2.45) is 0 Å². The molecule has 0 radical (unpaired) electrons. The number of fused-ring (bicyclic) bond motifs is 2. The molecule has 6 N–H and O–H groups in total. The highest BCUT2D eigenvalue weighted by Crippen LogP contribution is 2.58. The number of aromatic amines is 1. The number of aromatic nitrogens is 10. The Morgan fingerprint density at radius 2 is 1.86 bits per heavy atom. The third-order valence-corrected chi connectivity index (χ3v) is 10.5. The van der Waals surface area contributed by atoms with Gasteiger partial charge in [-0.15, -0.1) is 22.0 Å². The van der Waals surface area contributed by atoms with Crippen LogP contribution in [0.4, 0.5) is 16.2 Å². The average molecular weight is 713 g/mol. The number of nitrogens with one attached hydrogen (secondary N) is 1. The molecule has 0 spiro atoms. The molecule has 8 atom stereocenters. The van der Waals surface area contributed by atoms with E-state index in [1.54, 1.807) is 0 Å². The monoisotopic (exact) mass is 712 g/mol. The van der Waals surface area contributed by atoms with Crippen molar-refractivity contribution < 1.29 is 36.7 Å². The summed E-state index contributed by atoms with van der Waals surface area (Å²) in [5.41, 5.74) is 11.3. The van der Waals surface area contributed by atoms with Gasteiger partial charge >= 0.3 is 13.6 Å². The van der Waals surface area contributed by atoms with Crippen LogP contribution in [0.25, 0.3) is 22.3 Å². The largest absolute Gasteiger partial charge is 0.386 e. The zero-order chi connectivity index (χ0) is 31.4. The Balaban J connectivity index is 1.14. The molecule has 2 fully saturated rings. The summed E-state index contributed by atoms with van der Waals surface area (Å²) in [6, 6.07) is 0. The molecule has 20 nitrogen and oxygen atoms in total. The number of nitrogens with zero attached hydrogens (tertiary/aromatic N) is 9. The summed E-state index contributed by atoms with van der Waals surface area (Å²) in [5.74, 6) is -0.0920. The van der Waals surface area contributed by atoms with Crippen LogP contribution in [0.3, 0.4) is 0 Å². The first kappa shape index (κ1) is 31.6. The highest BCUT2D eigenvalue weighted by Gasteiger charge is 2.51. The molecule has 0 amide bonds. The molecule has 0 saturated carbocycles. The van der Waals surface area contributed by atoms with E-state index < -0.39 is 50.4 Å². The zero-order valence-electron chi connectivity index (χ0n) is 21.9. The van der Waals surface area contributed by atoms with Crippen LogP contribution in [-0.2, 0) is 27.4 Å². The van der Waals surface area contributed by atoms with Crippen molar-refractivity contribution in [3.63, 3.8) is 0 Å². The first-order valence-electron chi connectivity index (χ1n) is 12.5. The second-order valence-electron chi connectivity index (χ2n) is 9.54. The van der Waals surface area contributed by atoms with Gasteiger partial charge in [0.2, 0.25) is 5.95 Å². The van der Waals surface area contributed by atoms with Crippen molar-refractivity contribution >= 4 is 83.9 Å². The van der Waals surface area contributed by atoms with Crippen LogP contribution >= 0.6 is 49.9 Å². The van der Waals surface area contributed by atoms with Crippen LogP contribution < -0.4 is 17.0 Å². The van der Waals surface area contributed by atoms with E-state index in [2.05, 4.69) is 65.1 Å². The molecule has 2 unspecified atom stereocenters. The van der Waals surface area contributed by atoms with Gasteiger partial charge in [0.1, 0.15) is 23.9 Å². The van der Waals surface area contributed by atoms with Gasteiger partial charge in [0.15, 0.2) is 40.5 Å². The van der Waals surface area contributed by atoms with Gasteiger partial charge in [-0.1, -0.05) is 34.9 Å². The number of thioether (sulfide) groups is 1. The molecule has 0 aliphatic carbocycles. The Bertz CT molecular complexity index is 1860. The van der Waals surface area contributed by atoms with Gasteiger partial charge in [-0.3, -0.25) is 23.3 Å². The molecule has 2 saturated heterocycles. The van der Waals surface area contributed by atoms with Crippen LogP contribution in [-0.4, -0.2) is 91.7 Å². The SMILES string of the molecule is Nc1nc2c(nnn2[C@H]2CC[C@@H](COP(=O)(S)O[C@H]3[C@H](F)[C@H](n4nnc5c(N)ncnc54)O[C@@H]3COP(=O)(O)S)S2)c(=O)[nH]1. The molecule has 238 valence electrons. The van der Waals surface area contributed by atoms with E-state index >= 15 is 4.39 Å². The number of nitrogen functional groups attached to an aromatic ring is 2. The third kappa shape index (κ3) is 6.46. The van der Waals surface area contributed by atoms with Gasteiger partial charge in [-0.2, -0.15) is 9.67 Å². The Morgan fingerprint density at radius 3 is 2.64 bits per heavy atom. The quantitative estimate of drug-likeness (QED) is 0.0989. The standard InChI is InChI=1S/C18H23FN12O8P2S3/c19-9-12(7(4-36-40(33,34)42)38-17(9)31-14-10(26-29-31)13(20)22-5-23-14)39-41(35,43)37-3-6-1-2-8(44-6)30-15-11(27-28-30)16(32)25-18(21)24-15/h5-9,12,17H,1-4H2,(H,35,43)(H2,20,22,23)(H2,33,34,42)(H3,21,24,25,32)/t6-,7+,8+,9-,12+,17+,41?/m0/s1. The molecule has 0 aromatic carbocycles. The van der Waals surface area contributed by atoms with Crippen LogP contribution in [0.2, 0.25) is 0 Å². The number of nitrogens with two attached hydrogens (primary N) is 2. The van der Waals surface area contributed by atoms with E-state index in [9.17, 15) is 18.8 Å². The number of anilines is 2. The summed E-state index contributed by atoms with van der Waals surface area (Å²) in [4.78, 5) is 35.8. The lowest BCUT2D eigenvalue weighted by atomic mass is 10.1. The van der Waals surface area contributed by atoms with Gasteiger partial charge in [-0.05, 0) is 12.8 Å². The van der Waals surface area contributed by atoms with E-state index in [1.165, 1.54) is 16.4 Å². The molecule has 44 heavy (non-hydrogen) atoms. The maximum absolute atomic E-state index is 15.9. The number of halogens is 1. The van der Waals surface area contributed by atoms with E-state index in [1.807, 2.05) is 0 Å². The summed E-state index contributed by atoms with van der Waals surface area (Å²) in [7, 11) is 0. The molecule has 6 rings (SSSR count). The molecule has 26 heteroatoms. The fourth-order valence-corrected chi connectivity index (χ4v) is 8.23. The second-order valence-corrected chi connectivity index (χ2v) is 16.7. The minimum absolute atomic E-state index is 0.00929. The highest BCUT2D eigenvalue weighted by molar-refractivity contribution is 8.44. The number of H-pyrrole nitrogens is 1. The smallest absolute Gasteiger partial charge is 0.382 e. The first-order chi connectivity index (χ1) is 20.8. The Hall–Kier alpha value is -2.40. The van der Waals surface area contributed by atoms with E-state index in [0.717, 1.165) is 11.0 Å². The summed E-state index contributed by atoms with van der Waals surface area (Å²) in [6.45, 7) is -9.38. The molecule has 2 aliphatic rings. The van der Waals surface area contributed by atoms with Crippen LogP contribution in [0.5, 0.6) is 0 Å². The minimum atomic E-state index is -4.32. The Labute approximate surface area is 259 Å². The Kier molecular flexibility index (Phi) is 8.67. The van der Waals surface area contributed by atoms with Gasteiger partial charge < -0.3 is 21.1 Å². The number of alkyl halides is 1.